The summed E-state index contributed by atoms with van der Waals surface area (Å²) in [5, 5.41) is 0. The third kappa shape index (κ3) is 3.56. The summed E-state index contributed by atoms with van der Waals surface area (Å²) in [6, 6.07) is 3.55. The van der Waals surface area contributed by atoms with Gasteiger partial charge < -0.3 is 5.73 Å². The summed E-state index contributed by atoms with van der Waals surface area (Å²) < 4.78 is 0. The quantitative estimate of drug-likeness (QED) is 0.752. The van der Waals surface area contributed by atoms with E-state index in [0.717, 1.165) is 24.8 Å². The van der Waals surface area contributed by atoms with Gasteiger partial charge in [0, 0.05) is 5.69 Å². The first-order valence-electron chi connectivity index (χ1n) is 4.98. The highest BCUT2D eigenvalue weighted by Crippen LogP contribution is 2.08. The normalized spacial score (nSPS) is 8.79. The lowest BCUT2D eigenvalue weighted by Crippen LogP contribution is -1.99. The number of carbonyl (C=O) groups excluding carboxylic acids is 1. The molecule has 0 aliphatic carbocycles. The molecule has 0 spiro atoms. The Labute approximate surface area is 85.3 Å². The van der Waals surface area contributed by atoms with E-state index in [4.69, 9.17) is 5.73 Å². The van der Waals surface area contributed by atoms with Crippen molar-refractivity contribution in [3.8, 4) is 0 Å². The van der Waals surface area contributed by atoms with E-state index in [1.54, 1.807) is 6.07 Å². The third-order valence-electron chi connectivity index (χ3n) is 1.65. The molecule has 0 unspecified atom stereocenters. The van der Waals surface area contributed by atoms with Crippen molar-refractivity contribution in [1.82, 2.24) is 4.98 Å². The zero-order chi connectivity index (χ0) is 11.0. The average molecular weight is 194 g/mol. The molecule has 3 nitrogen and oxygen atoms in total. The van der Waals surface area contributed by atoms with Crippen molar-refractivity contribution in [3.63, 3.8) is 0 Å². The predicted octanol–water partition coefficient (Wildman–Crippen LogP) is 2.46. The van der Waals surface area contributed by atoms with Crippen LogP contribution in [0.15, 0.2) is 12.1 Å². The van der Waals surface area contributed by atoms with Gasteiger partial charge in [-0.25, -0.2) is 4.98 Å². The molecule has 14 heavy (non-hydrogen) atoms. The third-order valence-corrected chi connectivity index (χ3v) is 1.65. The zero-order valence-corrected chi connectivity index (χ0v) is 9.08. The van der Waals surface area contributed by atoms with E-state index >= 15 is 0 Å². The first-order chi connectivity index (χ1) is 6.77. The first-order valence-corrected chi connectivity index (χ1v) is 4.98. The van der Waals surface area contributed by atoms with Crippen LogP contribution in [0.3, 0.4) is 0 Å². The van der Waals surface area contributed by atoms with Crippen LogP contribution in [0.4, 0.5) is 5.82 Å². The number of aryl methyl sites for hydroxylation is 1. The van der Waals surface area contributed by atoms with Crippen molar-refractivity contribution in [3.05, 3.63) is 23.4 Å². The van der Waals surface area contributed by atoms with Gasteiger partial charge in [-0.2, -0.15) is 0 Å². The van der Waals surface area contributed by atoms with Crippen LogP contribution >= 0.6 is 0 Å². The van der Waals surface area contributed by atoms with Crippen LogP contribution in [0.25, 0.3) is 0 Å². The van der Waals surface area contributed by atoms with Gasteiger partial charge in [-0.1, -0.05) is 27.2 Å². The number of rotatable bonds is 3. The van der Waals surface area contributed by atoms with Crippen molar-refractivity contribution >= 4 is 12.1 Å². The smallest absolute Gasteiger partial charge is 0.153 e. The lowest BCUT2D eigenvalue weighted by Gasteiger charge is -2.00. The highest BCUT2D eigenvalue weighted by atomic mass is 16.1. The minimum atomic E-state index is 0.330. The van der Waals surface area contributed by atoms with Gasteiger partial charge >= 0.3 is 0 Å². The van der Waals surface area contributed by atoms with Crippen molar-refractivity contribution in [2.75, 3.05) is 5.73 Å². The monoisotopic (exact) mass is 194 g/mol. The molecule has 0 radical (unpaired) electrons. The van der Waals surface area contributed by atoms with Gasteiger partial charge in [0.2, 0.25) is 0 Å². The molecule has 0 bridgehead atoms. The number of nitrogens with two attached hydrogens (primary N) is 1. The van der Waals surface area contributed by atoms with Crippen LogP contribution in [0.2, 0.25) is 0 Å². The van der Waals surface area contributed by atoms with Gasteiger partial charge in [-0.3, -0.25) is 4.79 Å². The Hall–Kier alpha value is -1.38. The first kappa shape index (κ1) is 12.6. The molecule has 0 saturated carbocycles. The molecule has 1 aromatic rings. The van der Waals surface area contributed by atoms with Gasteiger partial charge in [0.05, 0.1) is 5.56 Å². The molecule has 78 valence electrons. The molecule has 3 heteroatoms. The molecule has 0 fully saturated rings. The van der Waals surface area contributed by atoms with Crippen LogP contribution in [0.1, 0.15) is 43.2 Å². The molecule has 0 aromatic carbocycles. The number of hydrogen-bond donors (Lipinski definition) is 1. The number of nitrogens with zero attached hydrogens (tertiary/aromatic N) is 1. The van der Waals surface area contributed by atoms with E-state index < -0.39 is 0 Å². The van der Waals surface area contributed by atoms with E-state index in [9.17, 15) is 4.79 Å². The maximum atomic E-state index is 10.4. The molecule has 0 aliphatic heterocycles. The Kier molecular flexibility index (Phi) is 6.37. The zero-order valence-electron chi connectivity index (χ0n) is 9.08. The Morgan fingerprint density at radius 3 is 2.50 bits per heavy atom. The molecule has 0 amide bonds. The number of aromatic nitrogens is 1. The molecular weight excluding hydrogens is 176 g/mol. The summed E-state index contributed by atoms with van der Waals surface area (Å²) in [5.41, 5.74) is 6.93. The summed E-state index contributed by atoms with van der Waals surface area (Å²) in [6.07, 6.45) is 2.66. The minimum absolute atomic E-state index is 0.330. The van der Waals surface area contributed by atoms with Crippen molar-refractivity contribution in [2.24, 2.45) is 0 Å². The van der Waals surface area contributed by atoms with Gasteiger partial charge in [0.1, 0.15) is 5.82 Å². The SMILES string of the molecule is CC.CCCc1ccc(C=O)c(N)n1. The Morgan fingerprint density at radius 2 is 2.07 bits per heavy atom. The van der Waals surface area contributed by atoms with E-state index in [-0.39, 0.29) is 0 Å². The lowest BCUT2D eigenvalue weighted by atomic mass is 10.2. The van der Waals surface area contributed by atoms with Crippen molar-refractivity contribution in [2.45, 2.75) is 33.6 Å². The van der Waals surface area contributed by atoms with Crippen LogP contribution in [0, 0.1) is 0 Å². The highest BCUT2D eigenvalue weighted by molar-refractivity contribution is 5.81. The van der Waals surface area contributed by atoms with Gasteiger partial charge in [0.15, 0.2) is 6.29 Å². The van der Waals surface area contributed by atoms with Crippen molar-refractivity contribution in [1.29, 1.82) is 0 Å². The molecule has 0 atom stereocenters. The Morgan fingerprint density at radius 1 is 1.43 bits per heavy atom. The van der Waals surface area contributed by atoms with E-state index in [1.807, 2.05) is 19.9 Å². The molecular formula is C11H18N2O. The second-order valence-electron chi connectivity index (χ2n) is 2.64. The minimum Gasteiger partial charge on any atom is -0.383 e. The molecule has 2 N–H and O–H groups in total. The number of nitrogen functional groups attached to an aromatic ring is 1. The number of pyridine rings is 1. The summed E-state index contributed by atoms with van der Waals surface area (Å²) >= 11 is 0. The topological polar surface area (TPSA) is 56.0 Å². The fraction of sp³-hybridized carbons (Fsp3) is 0.455. The van der Waals surface area contributed by atoms with Gasteiger partial charge in [0.25, 0.3) is 0 Å². The maximum absolute atomic E-state index is 10.4. The summed E-state index contributed by atoms with van der Waals surface area (Å²) in [7, 11) is 0. The molecule has 0 saturated heterocycles. The number of carbonyl (C=O) groups is 1. The average Bonchev–Trinajstić information content (AvgIpc) is 2.22. The fourth-order valence-corrected chi connectivity index (χ4v) is 1.02. The lowest BCUT2D eigenvalue weighted by molar-refractivity contribution is 0.112. The molecule has 1 heterocycles. The van der Waals surface area contributed by atoms with E-state index in [1.165, 1.54) is 0 Å². The largest absolute Gasteiger partial charge is 0.383 e. The van der Waals surface area contributed by atoms with Crippen LogP contribution in [-0.2, 0) is 6.42 Å². The molecule has 0 aliphatic rings. The summed E-state index contributed by atoms with van der Waals surface area (Å²) in [4.78, 5) is 14.5. The molecule has 1 aromatic heterocycles. The second-order valence-corrected chi connectivity index (χ2v) is 2.64. The van der Waals surface area contributed by atoms with Gasteiger partial charge in [-0.05, 0) is 18.6 Å². The summed E-state index contributed by atoms with van der Waals surface area (Å²) in [5.74, 6) is 0.330. The van der Waals surface area contributed by atoms with Gasteiger partial charge in [-0.15, -0.1) is 0 Å². The number of aldehydes is 1. The number of hydrogen-bond acceptors (Lipinski definition) is 3. The standard InChI is InChI=1S/C9H12N2O.C2H6/c1-2-3-8-5-4-7(6-12)9(10)11-8;1-2/h4-6H,2-3H2,1H3,(H2,10,11);1-2H3. The Bertz CT molecular complexity index is 285. The van der Waals surface area contributed by atoms with Crippen LogP contribution < -0.4 is 5.73 Å². The molecule has 1 rings (SSSR count). The van der Waals surface area contributed by atoms with E-state index in [2.05, 4.69) is 11.9 Å². The van der Waals surface area contributed by atoms with Crippen molar-refractivity contribution < 1.29 is 4.79 Å². The van der Waals surface area contributed by atoms with Crippen LogP contribution in [0.5, 0.6) is 0 Å². The predicted molar refractivity (Wildman–Crippen MR) is 59.4 cm³/mol. The maximum Gasteiger partial charge on any atom is 0.153 e. The fourth-order valence-electron chi connectivity index (χ4n) is 1.02. The second kappa shape index (κ2) is 7.06. The van der Waals surface area contributed by atoms with E-state index in [0.29, 0.717) is 11.4 Å². The Balaban J connectivity index is 0.000000791. The van der Waals surface area contributed by atoms with Crippen LogP contribution in [-0.4, -0.2) is 11.3 Å². The summed E-state index contributed by atoms with van der Waals surface area (Å²) in [6.45, 7) is 6.07. The number of anilines is 1. The highest BCUT2D eigenvalue weighted by Gasteiger charge is 1.99.